The molecule has 0 bridgehead atoms. The summed E-state index contributed by atoms with van der Waals surface area (Å²) in [7, 11) is 1.83. The number of aromatic hydroxyl groups is 1. The molecule has 7 nitrogen and oxygen atoms in total. The van der Waals surface area contributed by atoms with Crippen LogP contribution in [0.25, 0.3) is 0 Å². The lowest BCUT2D eigenvalue weighted by Crippen LogP contribution is -2.53. The Labute approximate surface area is 178 Å². The highest BCUT2D eigenvalue weighted by Gasteiger charge is 2.21. The maximum absolute atomic E-state index is 10.0. The van der Waals surface area contributed by atoms with E-state index in [0.717, 1.165) is 50.9 Å². The molecule has 1 fully saturated rings. The van der Waals surface area contributed by atoms with Crippen LogP contribution in [0.3, 0.4) is 0 Å². The predicted octanol–water partition coefficient (Wildman–Crippen LogP) is 2.24. The summed E-state index contributed by atoms with van der Waals surface area (Å²) in [6, 6.07) is 9.47. The molecule has 1 saturated heterocycles. The molecule has 1 aliphatic rings. The quantitative estimate of drug-likeness (QED) is 0.387. The van der Waals surface area contributed by atoms with Crippen molar-refractivity contribution in [3.05, 3.63) is 42.7 Å². The van der Waals surface area contributed by atoms with Crippen LogP contribution < -0.4 is 10.2 Å². The third-order valence-corrected chi connectivity index (χ3v) is 4.68. The van der Waals surface area contributed by atoms with Crippen LogP contribution in [0.4, 0.5) is 5.69 Å². The smallest absolute Gasteiger partial charge is 0.193 e. The SMILES string of the molecule is CN=C(NCC(C)Cn1cccn1)N1CCN(c2ccccc2O)CC1.I. The van der Waals surface area contributed by atoms with Crippen molar-refractivity contribution in [3.8, 4) is 5.75 Å². The molecule has 8 heteroatoms. The number of piperazine rings is 1. The fraction of sp³-hybridized carbons (Fsp3) is 0.474. The Bertz CT molecular complexity index is 713. The van der Waals surface area contributed by atoms with Crippen molar-refractivity contribution in [2.24, 2.45) is 10.9 Å². The van der Waals surface area contributed by atoms with Crippen molar-refractivity contribution in [1.29, 1.82) is 0 Å². The number of hydrogen-bond acceptors (Lipinski definition) is 4. The third kappa shape index (κ3) is 5.75. The van der Waals surface area contributed by atoms with Crippen LogP contribution in [0.5, 0.6) is 5.75 Å². The van der Waals surface area contributed by atoms with Gasteiger partial charge in [0.15, 0.2) is 5.96 Å². The normalized spacial score (nSPS) is 16.0. The summed E-state index contributed by atoms with van der Waals surface area (Å²) in [6.45, 7) is 7.42. The van der Waals surface area contributed by atoms with Gasteiger partial charge in [0.05, 0.1) is 5.69 Å². The zero-order chi connectivity index (χ0) is 18.4. The minimum Gasteiger partial charge on any atom is -0.506 e. The van der Waals surface area contributed by atoms with E-state index in [9.17, 15) is 5.11 Å². The van der Waals surface area contributed by atoms with Crippen LogP contribution in [0, 0.1) is 5.92 Å². The van der Waals surface area contributed by atoms with E-state index in [4.69, 9.17) is 0 Å². The Kier molecular flexibility index (Phi) is 8.21. The summed E-state index contributed by atoms with van der Waals surface area (Å²) < 4.78 is 1.96. The molecule has 0 spiro atoms. The van der Waals surface area contributed by atoms with Crippen LogP contribution >= 0.6 is 24.0 Å². The number of guanidine groups is 1. The second-order valence-electron chi connectivity index (χ2n) is 6.72. The molecule has 0 aliphatic carbocycles. The largest absolute Gasteiger partial charge is 0.506 e. The minimum absolute atomic E-state index is 0. The number of aliphatic imine (C=N–C) groups is 1. The van der Waals surface area contributed by atoms with Gasteiger partial charge in [0.1, 0.15) is 5.75 Å². The maximum Gasteiger partial charge on any atom is 0.193 e. The number of para-hydroxylation sites is 2. The van der Waals surface area contributed by atoms with Crippen LogP contribution in [0.2, 0.25) is 0 Å². The van der Waals surface area contributed by atoms with Gasteiger partial charge in [-0.1, -0.05) is 19.1 Å². The Morgan fingerprint density at radius 2 is 1.96 bits per heavy atom. The van der Waals surface area contributed by atoms with Crippen molar-refractivity contribution in [2.75, 3.05) is 44.7 Å². The molecule has 3 rings (SSSR count). The number of halogens is 1. The summed E-state index contributed by atoms with van der Waals surface area (Å²) in [4.78, 5) is 8.93. The molecule has 0 radical (unpaired) electrons. The van der Waals surface area contributed by atoms with Crippen LogP contribution in [-0.4, -0.2) is 65.5 Å². The van der Waals surface area contributed by atoms with E-state index in [-0.39, 0.29) is 24.0 Å². The molecule has 2 N–H and O–H groups in total. The average Bonchev–Trinajstić information content (AvgIpc) is 3.16. The third-order valence-electron chi connectivity index (χ3n) is 4.68. The lowest BCUT2D eigenvalue weighted by atomic mass is 10.2. The van der Waals surface area contributed by atoms with Gasteiger partial charge in [-0.3, -0.25) is 9.67 Å². The van der Waals surface area contributed by atoms with Gasteiger partial charge >= 0.3 is 0 Å². The van der Waals surface area contributed by atoms with Gasteiger partial charge in [0, 0.05) is 58.7 Å². The van der Waals surface area contributed by atoms with Gasteiger partial charge in [-0.15, -0.1) is 24.0 Å². The Morgan fingerprint density at radius 1 is 1.22 bits per heavy atom. The highest BCUT2D eigenvalue weighted by Crippen LogP contribution is 2.27. The number of phenolic OH excluding ortho intramolecular Hbond substituents is 1. The first kappa shape index (κ1) is 21.3. The van der Waals surface area contributed by atoms with E-state index in [1.54, 1.807) is 6.07 Å². The molecular formula is C19H29IN6O. The molecule has 0 amide bonds. The van der Waals surface area contributed by atoms with Gasteiger partial charge in [-0.2, -0.15) is 5.10 Å². The molecule has 1 aromatic carbocycles. The summed E-state index contributed by atoms with van der Waals surface area (Å²) in [5, 5.41) is 17.8. The van der Waals surface area contributed by atoms with Crippen molar-refractivity contribution in [2.45, 2.75) is 13.5 Å². The lowest BCUT2D eigenvalue weighted by Gasteiger charge is -2.38. The summed E-state index contributed by atoms with van der Waals surface area (Å²) in [6.07, 6.45) is 3.80. The molecular weight excluding hydrogens is 455 g/mol. The Balaban J connectivity index is 0.00000261. The predicted molar refractivity (Wildman–Crippen MR) is 120 cm³/mol. The molecule has 27 heavy (non-hydrogen) atoms. The average molecular weight is 484 g/mol. The topological polar surface area (TPSA) is 68.9 Å². The molecule has 2 heterocycles. The van der Waals surface area contributed by atoms with Gasteiger partial charge < -0.3 is 20.2 Å². The first-order valence-electron chi connectivity index (χ1n) is 9.13. The molecule has 1 atom stereocenters. The summed E-state index contributed by atoms with van der Waals surface area (Å²) in [5.74, 6) is 1.74. The van der Waals surface area contributed by atoms with Crippen LogP contribution in [0.1, 0.15) is 6.92 Å². The lowest BCUT2D eigenvalue weighted by molar-refractivity contribution is 0.362. The standard InChI is InChI=1S/C19H28N6O.HI/c1-16(15-25-9-5-8-22-25)14-21-19(20-2)24-12-10-23(11-13-24)17-6-3-4-7-18(17)26;/h3-9,16,26H,10-15H2,1-2H3,(H,20,21);1H. The number of nitrogens with one attached hydrogen (secondary N) is 1. The van der Waals surface area contributed by atoms with Crippen LogP contribution in [0.15, 0.2) is 47.7 Å². The molecule has 1 aliphatic heterocycles. The van der Waals surface area contributed by atoms with E-state index >= 15 is 0 Å². The monoisotopic (exact) mass is 484 g/mol. The Hall–Kier alpha value is -1.97. The molecule has 2 aromatic rings. The first-order valence-corrected chi connectivity index (χ1v) is 9.13. The van der Waals surface area contributed by atoms with Crippen LogP contribution in [-0.2, 0) is 6.54 Å². The van der Waals surface area contributed by atoms with Crippen molar-refractivity contribution < 1.29 is 5.11 Å². The second-order valence-corrected chi connectivity index (χ2v) is 6.72. The zero-order valence-electron chi connectivity index (χ0n) is 16.0. The summed E-state index contributed by atoms with van der Waals surface area (Å²) in [5.41, 5.74) is 0.906. The fourth-order valence-electron chi connectivity index (χ4n) is 3.28. The van der Waals surface area contributed by atoms with Gasteiger partial charge in [0.25, 0.3) is 0 Å². The summed E-state index contributed by atoms with van der Waals surface area (Å²) >= 11 is 0. The van der Waals surface area contributed by atoms with E-state index in [1.807, 2.05) is 48.4 Å². The van der Waals surface area contributed by atoms with Gasteiger partial charge in [-0.05, 0) is 24.1 Å². The van der Waals surface area contributed by atoms with E-state index in [2.05, 4.69) is 32.1 Å². The zero-order valence-corrected chi connectivity index (χ0v) is 18.3. The van der Waals surface area contributed by atoms with Gasteiger partial charge in [-0.25, -0.2) is 0 Å². The second kappa shape index (κ2) is 10.4. The van der Waals surface area contributed by atoms with E-state index in [1.165, 1.54) is 0 Å². The molecule has 1 aromatic heterocycles. The highest BCUT2D eigenvalue weighted by molar-refractivity contribution is 14.0. The number of phenols is 1. The number of nitrogens with zero attached hydrogens (tertiary/aromatic N) is 5. The first-order chi connectivity index (χ1) is 12.7. The maximum atomic E-state index is 10.0. The van der Waals surface area contributed by atoms with E-state index < -0.39 is 0 Å². The minimum atomic E-state index is 0. The number of aromatic nitrogens is 2. The Morgan fingerprint density at radius 3 is 2.59 bits per heavy atom. The number of hydrogen-bond donors (Lipinski definition) is 2. The van der Waals surface area contributed by atoms with E-state index in [0.29, 0.717) is 11.7 Å². The number of anilines is 1. The van der Waals surface area contributed by atoms with Crippen molar-refractivity contribution in [1.82, 2.24) is 20.0 Å². The fourth-order valence-corrected chi connectivity index (χ4v) is 3.28. The number of rotatable bonds is 5. The van der Waals surface area contributed by atoms with Crippen molar-refractivity contribution >= 4 is 35.6 Å². The highest BCUT2D eigenvalue weighted by atomic mass is 127. The van der Waals surface area contributed by atoms with Gasteiger partial charge in [0.2, 0.25) is 0 Å². The number of benzene rings is 1. The van der Waals surface area contributed by atoms with Crippen molar-refractivity contribution in [3.63, 3.8) is 0 Å². The molecule has 0 saturated carbocycles. The molecule has 148 valence electrons. The molecule has 1 unspecified atom stereocenters.